The molecule has 0 saturated carbocycles. The van der Waals surface area contributed by atoms with Crippen molar-refractivity contribution in [1.29, 1.82) is 0 Å². The average molecular weight is 375 g/mol. The SMILES string of the molecule is CN1C(=O)CCCC1CN1CCC(Cn2nc(C(C)(C)C)ccc2=O)CC1. The topological polar surface area (TPSA) is 58.4 Å². The van der Waals surface area contributed by atoms with E-state index in [0.717, 1.165) is 51.0 Å². The summed E-state index contributed by atoms with van der Waals surface area (Å²) < 4.78 is 1.66. The number of rotatable bonds is 4. The number of piperidine rings is 2. The summed E-state index contributed by atoms with van der Waals surface area (Å²) in [5.74, 6) is 0.776. The normalized spacial score (nSPS) is 23.0. The van der Waals surface area contributed by atoms with Gasteiger partial charge in [-0.25, -0.2) is 4.68 Å². The minimum atomic E-state index is -0.0533. The molecule has 1 aromatic rings. The molecule has 27 heavy (non-hydrogen) atoms. The van der Waals surface area contributed by atoms with Crippen molar-refractivity contribution in [2.75, 3.05) is 26.7 Å². The van der Waals surface area contributed by atoms with Gasteiger partial charge in [0.25, 0.3) is 5.56 Å². The number of likely N-dealkylation sites (N-methyl/N-ethyl adjacent to an activating group) is 1. The summed E-state index contributed by atoms with van der Waals surface area (Å²) in [6.45, 7) is 10.1. The molecule has 1 aromatic heterocycles. The zero-order chi connectivity index (χ0) is 19.6. The molecule has 3 rings (SSSR count). The third kappa shape index (κ3) is 4.98. The van der Waals surface area contributed by atoms with E-state index in [1.807, 2.05) is 18.0 Å². The molecule has 0 bridgehead atoms. The van der Waals surface area contributed by atoms with Crippen molar-refractivity contribution in [2.45, 2.75) is 70.9 Å². The van der Waals surface area contributed by atoms with E-state index in [9.17, 15) is 9.59 Å². The maximum atomic E-state index is 12.2. The Morgan fingerprint density at radius 3 is 2.44 bits per heavy atom. The first-order valence-electron chi connectivity index (χ1n) is 10.3. The van der Waals surface area contributed by atoms with Crippen molar-refractivity contribution in [3.05, 3.63) is 28.2 Å². The molecule has 2 aliphatic rings. The maximum Gasteiger partial charge on any atom is 0.266 e. The van der Waals surface area contributed by atoms with E-state index < -0.39 is 0 Å². The molecule has 0 radical (unpaired) electrons. The van der Waals surface area contributed by atoms with Crippen molar-refractivity contribution in [3.63, 3.8) is 0 Å². The van der Waals surface area contributed by atoms with Gasteiger partial charge in [-0.2, -0.15) is 5.10 Å². The smallest absolute Gasteiger partial charge is 0.266 e. The molecule has 6 heteroatoms. The molecule has 0 aromatic carbocycles. The van der Waals surface area contributed by atoms with Gasteiger partial charge in [0.2, 0.25) is 5.91 Å². The largest absolute Gasteiger partial charge is 0.341 e. The number of carbonyl (C=O) groups excluding carboxylic acids is 1. The highest BCUT2D eigenvalue weighted by Crippen LogP contribution is 2.23. The Bertz CT molecular complexity index is 714. The second kappa shape index (κ2) is 8.13. The van der Waals surface area contributed by atoms with Gasteiger partial charge in [-0.05, 0) is 50.8 Å². The van der Waals surface area contributed by atoms with Crippen LogP contribution in [-0.2, 0) is 16.8 Å². The summed E-state index contributed by atoms with van der Waals surface area (Å²) in [5, 5.41) is 4.61. The molecule has 3 heterocycles. The van der Waals surface area contributed by atoms with Crippen LogP contribution >= 0.6 is 0 Å². The minimum Gasteiger partial charge on any atom is -0.341 e. The molecule has 2 fully saturated rings. The van der Waals surface area contributed by atoms with Crippen LogP contribution in [0.25, 0.3) is 0 Å². The van der Waals surface area contributed by atoms with Gasteiger partial charge in [0.15, 0.2) is 0 Å². The molecule has 1 unspecified atom stereocenters. The highest BCUT2D eigenvalue weighted by molar-refractivity contribution is 5.76. The fourth-order valence-corrected chi connectivity index (χ4v) is 4.15. The molecule has 0 N–H and O–H groups in total. The van der Waals surface area contributed by atoms with E-state index in [4.69, 9.17) is 0 Å². The Balaban J connectivity index is 1.54. The average Bonchev–Trinajstić information content (AvgIpc) is 2.61. The van der Waals surface area contributed by atoms with Gasteiger partial charge in [0, 0.05) is 44.1 Å². The zero-order valence-corrected chi connectivity index (χ0v) is 17.3. The molecule has 1 amide bonds. The van der Waals surface area contributed by atoms with Gasteiger partial charge in [0.1, 0.15) is 0 Å². The number of nitrogens with zero attached hydrogens (tertiary/aromatic N) is 4. The summed E-state index contributed by atoms with van der Waals surface area (Å²) in [4.78, 5) is 28.5. The van der Waals surface area contributed by atoms with Crippen molar-refractivity contribution in [2.24, 2.45) is 5.92 Å². The lowest BCUT2D eigenvalue weighted by atomic mass is 9.92. The standard InChI is InChI=1S/C21H34N4O2/c1-21(2,3)18-8-9-20(27)25(22-18)14-16-10-12-24(13-11-16)15-17-6-5-7-19(26)23(17)4/h8-9,16-17H,5-7,10-15H2,1-4H3. The van der Waals surface area contributed by atoms with E-state index in [1.54, 1.807) is 10.7 Å². The van der Waals surface area contributed by atoms with Crippen LogP contribution in [0.4, 0.5) is 0 Å². The van der Waals surface area contributed by atoms with Crippen LogP contribution in [0.3, 0.4) is 0 Å². The number of hydrogen-bond acceptors (Lipinski definition) is 4. The lowest BCUT2D eigenvalue weighted by Crippen LogP contribution is -2.49. The lowest BCUT2D eigenvalue weighted by Gasteiger charge is -2.39. The fourth-order valence-electron chi connectivity index (χ4n) is 4.15. The number of amides is 1. The Morgan fingerprint density at radius 1 is 1.07 bits per heavy atom. The van der Waals surface area contributed by atoms with Gasteiger partial charge in [-0.1, -0.05) is 20.8 Å². The lowest BCUT2D eigenvalue weighted by molar-refractivity contribution is -0.135. The first kappa shape index (κ1) is 20.1. The highest BCUT2D eigenvalue weighted by atomic mass is 16.2. The Morgan fingerprint density at radius 2 is 1.78 bits per heavy atom. The van der Waals surface area contributed by atoms with Gasteiger partial charge in [-0.15, -0.1) is 0 Å². The highest BCUT2D eigenvalue weighted by Gasteiger charge is 2.28. The Hall–Kier alpha value is -1.69. The molecule has 0 spiro atoms. The molecule has 6 nitrogen and oxygen atoms in total. The zero-order valence-electron chi connectivity index (χ0n) is 17.3. The fraction of sp³-hybridized carbons (Fsp3) is 0.762. The molecule has 150 valence electrons. The second-order valence-corrected chi connectivity index (χ2v) is 9.28. The molecule has 2 aliphatic heterocycles. The number of aromatic nitrogens is 2. The van der Waals surface area contributed by atoms with E-state index in [2.05, 4.69) is 30.8 Å². The Labute approximate surface area is 162 Å². The number of likely N-dealkylation sites (tertiary alicyclic amines) is 2. The monoisotopic (exact) mass is 374 g/mol. The van der Waals surface area contributed by atoms with E-state index in [-0.39, 0.29) is 16.9 Å². The van der Waals surface area contributed by atoms with E-state index in [0.29, 0.717) is 24.9 Å². The van der Waals surface area contributed by atoms with Crippen molar-refractivity contribution < 1.29 is 4.79 Å². The van der Waals surface area contributed by atoms with Crippen molar-refractivity contribution in [3.8, 4) is 0 Å². The molecular formula is C21H34N4O2. The Kier molecular flexibility index (Phi) is 6.04. The first-order valence-corrected chi connectivity index (χ1v) is 10.3. The molecule has 2 saturated heterocycles. The van der Waals surface area contributed by atoms with Crippen LogP contribution in [0.2, 0.25) is 0 Å². The van der Waals surface area contributed by atoms with Crippen molar-refractivity contribution >= 4 is 5.91 Å². The third-order valence-corrected chi connectivity index (χ3v) is 6.11. The first-order chi connectivity index (χ1) is 12.7. The summed E-state index contributed by atoms with van der Waals surface area (Å²) in [6.07, 6.45) is 4.99. The van der Waals surface area contributed by atoms with Crippen LogP contribution in [0, 0.1) is 5.92 Å². The quantitative estimate of drug-likeness (QED) is 0.811. The predicted octanol–water partition coefficient (Wildman–Crippen LogP) is 2.26. The van der Waals surface area contributed by atoms with Crippen molar-refractivity contribution in [1.82, 2.24) is 19.6 Å². The van der Waals surface area contributed by atoms with Gasteiger partial charge in [0.05, 0.1) is 5.69 Å². The van der Waals surface area contributed by atoms with Crippen LogP contribution in [0.5, 0.6) is 0 Å². The molecular weight excluding hydrogens is 340 g/mol. The summed E-state index contributed by atoms with van der Waals surface area (Å²) >= 11 is 0. The van der Waals surface area contributed by atoms with E-state index >= 15 is 0 Å². The van der Waals surface area contributed by atoms with Crippen LogP contribution < -0.4 is 5.56 Å². The summed E-state index contributed by atoms with van der Waals surface area (Å²) in [6, 6.07) is 3.86. The predicted molar refractivity (Wildman–Crippen MR) is 107 cm³/mol. The number of carbonyl (C=O) groups is 1. The second-order valence-electron chi connectivity index (χ2n) is 9.28. The summed E-state index contributed by atoms with van der Waals surface area (Å²) in [5.41, 5.74) is 0.903. The van der Waals surface area contributed by atoms with Gasteiger partial charge >= 0.3 is 0 Å². The maximum absolute atomic E-state index is 12.2. The number of hydrogen-bond donors (Lipinski definition) is 0. The van der Waals surface area contributed by atoms with Gasteiger partial charge < -0.3 is 9.80 Å². The van der Waals surface area contributed by atoms with E-state index in [1.165, 1.54) is 0 Å². The summed E-state index contributed by atoms with van der Waals surface area (Å²) in [7, 11) is 1.94. The van der Waals surface area contributed by atoms with Crippen LogP contribution in [0.1, 0.15) is 58.6 Å². The minimum absolute atomic E-state index is 0.00669. The van der Waals surface area contributed by atoms with Gasteiger partial charge in [-0.3, -0.25) is 9.59 Å². The third-order valence-electron chi connectivity index (χ3n) is 6.11. The van der Waals surface area contributed by atoms with Crippen LogP contribution in [-0.4, -0.2) is 58.2 Å². The molecule has 1 atom stereocenters. The molecule has 0 aliphatic carbocycles. The van der Waals surface area contributed by atoms with Crippen LogP contribution in [0.15, 0.2) is 16.9 Å².